The molecule has 0 aliphatic carbocycles. The summed E-state index contributed by atoms with van der Waals surface area (Å²) < 4.78 is 3.95. The van der Waals surface area contributed by atoms with Crippen molar-refractivity contribution in [3.05, 3.63) is 143 Å². The summed E-state index contributed by atoms with van der Waals surface area (Å²) in [6.07, 6.45) is 1.87. The molecule has 1 aliphatic heterocycles. The van der Waals surface area contributed by atoms with Gasteiger partial charge in [0.15, 0.2) is 4.80 Å². The van der Waals surface area contributed by atoms with E-state index in [1.807, 2.05) is 103 Å². The lowest BCUT2D eigenvalue weighted by molar-refractivity contribution is -0.113. The second kappa shape index (κ2) is 10.8. The average molecular weight is 580 g/mol. The average Bonchev–Trinajstić information content (AvgIpc) is 3.43. The summed E-state index contributed by atoms with van der Waals surface area (Å²) in [6, 6.07) is 25.6. The molecule has 0 bridgehead atoms. The number of nitrogens with zero attached hydrogens (tertiary/aromatic N) is 4. The number of nitrogens with one attached hydrogen (secondary N) is 1. The zero-order valence-electron chi connectivity index (χ0n) is 22.6. The quantitative estimate of drug-likeness (QED) is 0.306. The topological polar surface area (TPSA) is 81.3 Å². The molecule has 3 aromatic carbocycles. The van der Waals surface area contributed by atoms with Crippen LogP contribution in [0.25, 0.3) is 11.8 Å². The van der Waals surface area contributed by atoms with Gasteiger partial charge in [0.05, 0.1) is 33.2 Å². The third-order valence-corrected chi connectivity index (χ3v) is 8.45. The van der Waals surface area contributed by atoms with Crippen LogP contribution in [0.3, 0.4) is 0 Å². The molecule has 7 nitrogen and oxygen atoms in total. The number of amides is 1. The number of allylic oxidation sites excluding steroid dienone is 1. The van der Waals surface area contributed by atoms with Gasteiger partial charge in [-0.25, -0.2) is 9.67 Å². The largest absolute Gasteiger partial charge is 0.322 e. The Bertz CT molecular complexity index is 2010. The number of thiazole rings is 1. The van der Waals surface area contributed by atoms with Crippen LogP contribution in [0.1, 0.15) is 35.5 Å². The predicted octanol–water partition coefficient (Wildman–Crippen LogP) is 5.33. The van der Waals surface area contributed by atoms with Gasteiger partial charge in [0.25, 0.3) is 11.5 Å². The van der Waals surface area contributed by atoms with Gasteiger partial charge in [0, 0.05) is 22.0 Å². The number of aryl methyl sites for hydroxylation is 1. The summed E-state index contributed by atoms with van der Waals surface area (Å²) in [5, 5.41) is 8.15. The Hall–Kier alpha value is -4.53. The fourth-order valence-corrected chi connectivity index (χ4v) is 6.41. The normalized spacial score (nSPS) is 15.0. The first-order valence-corrected chi connectivity index (χ1v) is 14.3. The van der Waals surface area contributed by atoms with E-state index in [4.69, 9.17) is 21.7 Å². The van der Waals surface area contributed by atoms with Gasteiger partial charge in [-0.2, -0.15) is 5.10 Å². The van der Waals surface area contributed by atoms with Crippen molar-refractivity contribution in [1.82, 2.24) is 14.3 Å². The number of para-hydroxylation sites is 2. The van der Waals surface area contributed by atoms with E-state index in [0.29, 0.717) is 36.9 Å². The molecule has 5 aromatic rings. The maximum Gasteiger partial charge on any atom is 0.271 e. The number of carbonyl (C=O) groups excluding carboxylic acids is 1. The highest BCUT2D eigenvalue weighted by molar-refractivity contribution is 7.07. The lowest BCUT2D eigenvalue weighted by Crippen LogP contribution is -2.40. The van der Waals surface area contributed by atoms with Crippen LogP contribution < -0.4 is 20.2 Å². The molecule has 1 aliphatic rings. The smallest absolute Gasteiger partial charge is 0.271 e. The standard InChI is InChI=1S/C32H26ClN5O2S/c1-19-25(21(3)38(36-19)23-14-8-5-9-15-23)18-27-31(40)37-29(24-16-10-11-17-26(24)33)28(20(2)34-32(37)41-27)30(39)35-22-12-6-4-7-13-22/h4-18,29H,1-3H3,(H,35,39)/b27-18+. The van der Waals surface area contributed by atoms with Crippen LogP contribution in [0.4, 0.5) is 5.69 Å². The molecule has 0 saturated carbocycles. The first kappa shape index (κ1) is 26.7. The van der Waals surface area contributed by atoms with Crippen molar-refractivity contribution in [1.29, 1.82) is 0 Å². The van der Waals surface area contributed by atoms with Crippen LogP contribution in [-0.2, 0) is 4.79 Å². The Morgan fingerprint density at radius 1 is 0.951 bits per heavy atom. The van der Waals surface area contributed by atoms with E-state index in [2.05, 4.69) is 5.32 Å². The minimum Gasteiger partial charge on any atom is -0.322 e. The van der Waals surface area contributed by atoms with Crippen LogP contribution in [0.15, 0.2) is 106 Å². The SMILES string of the molecule is CC1=C(C(=O)Nc2ccccc2)C(c2ccccc2Cl)n2c(s/c(=C/c3c(C)nn(-c4ccccc4)c3C)c2=O)=N1. The van der Waals surface area contributed by atoms with Crippen molar-refractivity contribution >= 4 is 40.6 Å². The summed E-state index contributed by atoms with van der Waals surface area (Å²) in [6.45, 7) is 5.70. The Labute approximate surface area is 245 Å². The maximum absolute atomic E-state index is 14.1. The molecular formula is C32H26ClN5O2S. The van der Waals surface area contributed by atoms with Gasteiger partial charge in [0.2, 0.25) is 0 Å². The first-order valence-electron chi connectivity index (χ1n) is 13.1. The zero-order valence-corrected chi connectivity index (χ0v) is 24.2. The number of rotatable bonds is 5. The third kappa shape index (κ3) is 4.85. The van der Waals surface area contributed by atoms with E-state index in [0.717, 1.165) is 22.6 Å². The number of anilines is 1. The van der Waals surface area contributed by atoms with Crippen LogP contribution >= 0.6 is 22.9 Å². The van der Waals surface area contributed by atoms with E-state index >= 15 is 0 Å². The lowest BCUT2D eigenvalue weighted by atomic mass is 9.95. The summed E-state index contributed by atoms with van der Waals surface area (Å²) >= 11 is 7.96. The molecule has 1 unspecified atom stereocenters. The number of fused-ring (bicyclic) bond motifs is 1. The lowest BCUT2D eigenvalue weighted by Gasteiger charge is -2.26. The van der Waals surface area contributed by atoms with E-state index in [1.165, 1.54) is 11.3 Å². The molecule has 3 heterocycles. The molecular weight excluding hydrogens is 554 g/mol. The van der Waals surface area contributed by atoms with Crippen LogP contribution in [0, 0.1) is 13.8 Å². The van der Waals surface area contributed by atoms with Gasteiger partial charge in [0.1, 0.15) is 0 Å². The molecule has 1 atom stereocenters. The third-order valence-electron chi connectivity index (χ3n) is 7.12. The molecule has 0 fully saturated rings. The van der Waals surface area contributed by atoms with Gasteiger partial charge >= 0.3 is 0 Å². The van der Waals surface area contributed by atoms with Gasteiger partial charge in [-0.1, -0.05) is 77.5 Å². The number of benzene rings is 3. The molecule has 1 amide bonds. The number of carbonyl (C=O) groups is 1. The van der Waals surface area contributed by atoms with Crippen molar-refractivity contribution in [2.45, 2.75) is 26.8 Å². The molecule has 0 saturated heterocycles. The molecule has 0 radical (unpaired) electrons. The van der Waals surface area contributed by atoms with E-state index in [9.17, 15) is 9.59 Å². The minimum absolute atomic E-state index is 0.248. The Morgan fingerprint density at radius 3 is 2.32 bits per heavy atom. The molecule has 2 aromatic heterocycles. The van der Waals surface area contributed by atoms with E-state index < -0.39 is 6.04 Å². The Morgan fingerprint density at radius 2 is 1.61 bits per heavy atom. The maximum atomic E-state index is 14.1. The highest BCUT2D eigenvalue weighted by atomic mass is 35.5. The van der Waals surface area contributed by atoms with Crippen molar-refractivity contribution in [3.8, 4) is 5.69 Å². The van der Waals surface area contributed by atoms with Crippen LogP contribution in [0.2, 0.25) is 5.02 Å². The molecule has 41 heavy (non-hydrogen) atoms. The van der Waals surface area contributed by atoms with Crippen LogP contribution in [-0.4, -0.2) is 20.3 Å². The summed E-state index contributed by atoms with van der Waals surface area (Å²) in [7, 11) is 0. The first-order chi connectivity index (χ1) is 19.8. The van der Waals surface area contributed by atoms with Gasteiger partial charge < -0.3 is 5.32 Å². The van der Waals surface area contributed by atoms with Crippen molar-refractivity contribution in [3.63, 3.8) is 0 Å². The second-order valence-electron chi connectivity index (χ2n) is 9.76. The number of hydrogen-bond acceptors (Lipinski definition) is 5. The predicted molar refractivity (Wildman–Crippen MR) is 163 cm³/mol. The van der Waals surface area contributed by atoms with Crippen molar-refractivity contribution in [2.75, 3.05) is 5.32 Å². The highest BCUT2D eigenvalue weighted by Crippen LogP contribution is 2.34. The molecule has 6 rings (SSSR count). The van der Waals surface area contributed by atoms with E-state index in [-0.39, 0.29) is 11.5 Å². The van der Waals surface area contributed by atoms with Crippen molar-refractivity contribution in [2.24, 2.45) is 4.99 Å². The molecule has 0 spiro atoms. The second-order valence-corrected chi connectivity index (χ2v) is 11.2. The van der Waals surface area contributed by atoms with Crippen LogP contribution in [0.5, 0.6) is 0 Å². The zero-order chi connectivity index (χ0) is 28.7. The fraction of sp³-hybridized carbons (Fsp3) is 0.125. The molecule has 9 heteroatoms. The summed E-state index contributed by atoms with van der Waals surface area (Å²) in [4.78, 5) is 33.1. The minimum atomic E-state index is -0.750. The molecule has 1 N–H and O–H groups in total. The van der Waals surface area contributed by atoms with Gasteiger partial charge in [-0.15, -0.1) is 0 Å². The highest BCUT2D eigenvalue weighted by Gasteiger charge is 2.33. The number of halogens is 1. The van der Waals surface area contributed by atoms with E-state index in [1.54, 1.807) is 17.6 Å². The Kier molecular flexibility index (Phi) is 7.03. The summed E-state index contributed by atoms with van der Waals surface area (Å²) in [5.41, 5.74) is 5.48. The van der Waals surface area contributed by atoms with Gasteiger partial charge in [-0.3, -0.25) is 14.2 Å². The fourth-order valence-electron chi connectivity index (χ4n) is 5.14. The number of aromatic nitrogens is 3. The Balaban J connectivity index is 1.52. The van der Waals surface area contributed by atoms with Gasteiger partial charge in [-0.05, 0) is 62.7 Å². The number of hydrogen-bond donors (Lipinski definition) is 1. The van der Waals surface area contributed by atoms with Crippen molar-refractivity contribution < 1.29 is 4.79 Å². The monoisotopic (exact) mass is 579 g/mol. The summed E-state index contributed by atoms with van der Waals surface area (Å²) in [5.74, 6) is -0.340. The molecule has 204 valence electrons.